The first-order chi connectivity index (χ1) is 10.2. The molecule has 0 amide bonds. The lowest BCUT2D eigenvalue weighted by Gasteiger charge is -2.14. The Hall–Kier alpha value is -2.34. The maximum atomic E-state index is 3.36. The summed E-state index contributed by atoms with van der Waals surface area (Å²) in [5.41, 5.74) is 4.04. The molecule has 108 valence electrons. The molecule has 0 atom stereocenters. The first-order valence-corrected chi connectivity index (χ1v) is 7.17. The normalized spacial score (nSPS) is 9.29. The molecule has 0 aliphatic carbocycles. The average Bonchev–Trinajstić information content (AvgIpc) is 2.54. The summed E-state index contributed by atoms with van der Waals surface area (Å²) < 4.78 is 0. The van der Waals surface area contributed by atoms with Crippen LogP contribution in [0.4, 0.5) is 0 Å². The van der Waals surface area contributed by atoms with Crippen LogP contribution >= 0.6 is 0 Å². The molecule has 0 nitrogen and oxygen atoms in total. The van der Waals surface area contributed by atoms with Crippen LogP contribution < -0.4 is 0 Å². The summed E-state index contributed by atoms with van der Waals surface area (Å²) in [7, 11) is 0. The smallest absolute Gasteiger partial charge is 0.0271 e. The predicted molar refractivity (Wildman–Crippen MR) is 94.6 cm³/mol. The molecule has 0 aliphatic rings. The SMILES string of the molecule is C=CC=C.CC(C)=CC(c1ccccc1)c1ccccc1. The summed E-state index contributed by atoms with van der Waals surface area (Å²) in [5.74, 6) is 0.363. The lowest BCUT2D eigenvalue weighted by Crippen LogP contribution is -1.97. The number of rotatable bonds is 4. The Morgan fingerprint density at radius 3 is 1.43 bits per heavy atom. The van der Waals surface area contributed by atoms with Gasteiger partial charge in [0.15, 0.2) is 0 Å². The fraction of sp³-hybridized carbons (Fsp3) is 0.143. The van der Waals surface area contributed by atoms with Gasteiger partial charge < -0.3 is 0 Å². The summed E-state index contributed by atoms with van der Waals surface area (Å²) in [4.78, 5) is 0. The zero-order valence-electron chi connectivity index (χ0n) is 13.0. The van der Waals surface area contributed by atoms with Gasteiger partial charge >= 0.3 is 0 Å². The molecule has 2 aromatic rings. The molecule has 0 unspecified atom stereocenters. The minimum Gasteiger partial charge on any atom is -0.0991 e. The van der Waals surface area contributed by atoms with E-state index in [4.69, 9.17) is 0 Å². The van der Waals surface area contributed by atoms with Gasteiger partial charge in [0.25, 0.3) is 0 Å². The molecule has 0 N–H and O–H groups in total. The first-order valence-electron chi connectivity index (χ1n) is 7.17. The maximum Gasteiger partial charge on any atom is 0.0271 e. The lowest BCUT2D eigenvalue weighted by molar-refractivity contribution is 1.01. The van der Waals surface area contributed by atoms with E-state index < -0.39 is 0 Å². The van der Waals surface area contributed by atoms with E-state index in [0.29, 0.717) is 5.92 Å². The van der Waals surface area contributed by atoms with Crippen molar-refractivity contribution in [3.8, 4) is 0 Å². The second-order valence-electron chi connectivity index (χ2n) is 5.01. The van der Waals surface area contributed by atoms with Crippen molar-refractivity contribution < 1.29 is 0 Å². The molecule has 2 rings (SSSR count). The molecule has 0 heteroatoms. The molecular formula is C21H24. The van der Waals surface area contributed by atoms with E-state index in [-0.39, 0.29) is 0 Å². The van der Waals surface area contributed by atoms with E-state index in [9.17, 15) is 0 Å². The summed E-state index contributed by atoms with van der Waals surface area (Å²) in [6.45, 7) is 11.0. The zero-order chi connectivity index (χ0) is 15.5. The molecular weight excluding hydrogens is 252 g/mol. The van der Waals surface area contributed by atoms with Crippen molar-refractivity contribution in [1.82, 2.24) is 0 Å². The van der Waals surface area contributed by atoms with E-state index in [1.165, 1.54) is 16.7 Å². The van der Waals surface area contributed by atoms with Crippen molar-refractivity contribution in [2.45, 2.75) is 19.8 Å². The molecule has 0 aliphatic heterocycles. The van der Waals surface area contributed by atoms with Gasteiger partial charge in [0.2, 0.25) is 0 Å². The number of benzene rings is 2. The van der Waals surface area contributed by atoms with Gasteiger partial charge in [0, 0.05) is 5.92 Å². The summed E-state index contributed by atoms with van der Waals surface area (Å²) >= 11 is 0. The monoisotopic (exact) mass is 276 g/mol. The van der Waals surface area contributed by atoms with Crippen LogP contribution in [-0.4, -0.2) is 0 Å². The van der Waals surface area contributed by atoms with Gasteiger partial charge in [0.1, 0.15) is 0 Å². The van der Waals surface area contributed by atoms with Crippen LogP contribution in [0, 0.1) is 0 Å². The van der Waals surface area contributed by atoms with E-state index in [0.717, 1.165) is 0 Å². The van der Waals surface area contributed by atoms with Crippen molar-refractivity contribution in [3.05, 3.63) is 109 Å². The third-order valence-corrected chi connectivity index (χ3v) is 2.98. The van der Waals surface area contributed by atoms with Crippen LogP contribution in [0.15, 0.2) is 97.6 Å². The number of allylic oxidation sites excluding steroid dienone is 4. The lowest BCUT2D eigenvalue weighted by atomic mass is 9.90. The third-order valence-electron chi connectivity index (χ3n) is 2.98. The minimum absolute atomic E-state index is 0.363. The Bertz CT molecular complexity index is 512. The highest BCUT2D eigenvalue weighted by molar-refractivity contribution is 5.37. The molecule has 0 radical (unpaired) electrons. The molecule has 0 bridgehead atoms. The molecule has 0 saturated carbocycles. The molecule has 0 aromatic heterocycles. The molecule has 21 heavy (non-hydrogen) atoms. The van der Waals surface area contributed by atoms with Gasteiger partial charge in [-0.25, -0.2) is 0 Å². The third kappa shape index (κ3) is 6.09. The average molecular weight is 276 g/mol. The van der Waals surface area contributed by atoms with Gasteiger partial charge in [-0.2, -0.15) is 0 Å². The van der Waals surface area contributed by atoms with Gasteiger partial charge in [-0.1, -0.05) is 97.6 Å². The Balaban J connectivity index is 0.000000491. The van der Waals surface area contributed by atoms with Crippen molar-refractivity contribution >= 4 is 0 Å². The number of hydrogen-bond donors (Lipinski definition) is 0. The van der Waals surface area contributed by atoms with E-state index in [1.807, 2.05) is 0 Å². The quantitative estimate of drug-likeness (QED) is 0.464. The van der Waals surface area contributed by atoms with Gasteiger partial charge in [0.05, 0.1) is 0 Å². The van der Waals surface area contributed by atoms with Crippen molar-refractivity contribution in [1.29, 1.82) is 0 Å². The summed E-state index contributed by atoms with van der Waals surface area (Å²) in [6.07, 6.45) is 5.60. The second-order valence-corrected chi connectivity index (χ2v) is 5.01. The highest BCUT2D eigenvalue weighted by Crippen LogP contribution is 2.26. The minimum atomic E-state index is 0.363. The largest absolute Gasteiger partial charge is 0.0991 e. The second kappa shape index (κ2) is 9.55. The zero-order valence-corrected chi connectivity index (χ0v) is 13.0. The van der Waals surface area contributed by atoms with Crippen LogP contribution in [0.2, 0.25) is 0 Å². The Morgan fingerprint density at radius 1 is 0.762 bits per heavy atom. The molecule has 2 aromatic carbocycles. The highest BCUT2D eigenvalue weighted by atomic mass is 14.1. The van der Waals surface area contributed by atoms with E-state index in [2.05, 4.69) is 93.7 Å². The van der Waals surface area contributed by atoms with Gasteiger partial charge in [-0.05, 0) is 25.0 Å². The predicted octanol–water partition coefficient (Wildman–Crippen LogP) is 6.14. The Labute approximate surface area is 129 Å². The van der Waals surface area contributed by atoms with Crippen LogP contribution in [0.1, 0.15) is 30.9 Å². The maximum absolute atomic E-state index is 3.36. The Morgan fingerprint density at radius 2 is 1.14 bits per heavy atom. The first kappa shape index (κ1) is 16.7. The van der Waals surface area contributed by atoms with E-state index in [1.54, 1.807) is 12.2 Å². The van der Waals surface area contributed by atoms with Crippen molar-refractivity contribution in [3.63, 3.8) is 0 Å². The topological polar surface area (TPSA) is 0 Å². The van der Waals surface area contributed by atoms with Gasteiger partial charge in [-0.3, -0.25) is 0 Å². The molecule has 0 heterocycles. The fourth-order valence-electron chi connectivity index (χ4n) is 2.04. The van der Waals surface area contributed by atoms with Crippen molar-refractivity contribution in [2.75, 3.05) is 0 Å². The fourth-order valence-corrected chi connectivity index (χ4v) is 2.04. The molecule has 0 fully saturated rings. The van der Waals surface area contributed by atoms with Crippen LogP contribution in [0.3, 0.4) is 0 Å². The summed E-state index contributed by atoms with van der Waals surface area (Å²) in [5, 5.41) is 0. The van der Waals surface area contributed by atoms with Crippen LogP contribution in [0.5, 0.6) is 0 Å². The Kier molecular flexibility index (Phi) is 7.60. The highest BCUT2D eigenvalue weighted by Gasteiger charge is 2.10. The number of hydrogen-bond acceptors (Lipinski definition) is 0. The van der Waals surface area contributed by atoms with E-state index >= 15 is 0 Å². The van der Waals surface area contributed by atoms with Crippen molar-refractivity contribution in [2.24, 2.45) is 0 Å². The molecule has 0 spiro atoms. The molecule has 0 saturated heterocycles. The standard InChI is InChI=1S/C17H18.C4H6/c1-14(2)13-17(15-9-5-3-6-10-15)16-11-7-4-8-12-16;1-3-4-2/h3-13,17H,1-2H3;3-4H,1-2H2. The summed E-state index contributed by atoms with van der Waals surface area (Å²) in [6, 6.07) is 21.3. The van der Waals surface area contributed by atoms with Gasteiger partial charge in [-0.15, -0.1) is 0 Å². The van der Waals surface area contributed by atoms with Crippen LogP contribution in [-0.2, 0) is 0 Å². The van der Waals surface area contributed by atoms with Crippen LogP contribution in [0.25, 0.3) is 0 Å².